The molecular formula is C40H59ClN6O6. The molecule has 2 saturated carbocycles. The first-order valence-electron chi connectivity index (χ1n) is 19.9. The number of oxime groups is 1. The minimum Gasteiger partial charge on any atom is -0.387 e. The zero-order valence-electron chi connectivity index (χ0n) is 32.1. The van der Waals surface area contributed by atoms with Crippen LogP contribution in [-0.2, 0) is 30.4 Å². The topological polar surface area (TPSA) is 153 Å². The van der Waals surface area contributed by atoms with Gasteiger partial charge in [0.25, 0.3) is 5.91 Å². The van der Waals surface area contributed by atoms with Crippen LogP contribution in [0.2, 0.25) is 5.02 Å². The first-order chi connectivity index (χ1) is 25.2. The standard InChI is InChI=1S/C40H59ClN6O6/c1-6-11-29(34(49)37(51)42-27-15-16-27)43-36(50)31-22-40(21-30(45-53-40)26-19-25-14-10-17-46(5)33(25)28(41)20-26)23-47(31)38(52)35(39(2,3)4)44-32(48)18-24-12-8-7-9-13-24/h19-20,24,27,29,31,34-35,49H,6-18,21-23H2,1-5H3,(H,42,51)(H,43,50)(H,44,48)/t29-,31-,34?,35+,40+/m0/s1. The molecule has 1 saturated heterocycles. The van der Waals surface area contributed by atoms with Gasteiger partial charge in [0, 0.05) is 44.5 Å². The van der Waals surface area contributed by atoms with Crippen molar-refractivity contribution in [3.63, 3.8) is 0 Å². The molecule has 3 aliphatic heterocycles. The van der Waals surface area contributed by atoms with Gasteiger partial charge < -0.3 is 35.7 Å². The smallest absolute Gasteiger partial charge is 0.251 e. The minimum absolute atomic E-state index is 0.0557. The number of benzene rings is 1. The van der Waals surface area contributed by atoms with Crippen molar-refractivity contribution >= 4 is 46.6 Å². The second-order valence-electron chi connectivity index (χ2n) is 17.4. The number of nitrogens with one attached hydrogen (secondary N) is 3. The summed E-state index contributed by atoms with van der Waals surface area (Å²) in [5.74, 6) is -1.23. The summed E-state index contributed by atoms with van der Waals surface area (Å²) < 4.78 is 0. The number of amides is 4. The molecular weight excluding hydrogens is 696 g/mol. The van der Waals surface area contributed by atoms with Crippen LogP contribution in [0.25, 0.3) is 0 Å². The molecule has 1 aromatic carbocycles. The monoisotopic (exact) mass is 754 g/mol. The summed E-state index contributed by atoms with van der Waals surface area (Å²) in [7, 11) is 2.04. The fourth-order valence-electron chi connectivity index (χ4n) is 8.63. The lowest BCUT2D eigenvalue weighted by atomic mass is 9.84. The number of aliphatic hydroxyl groups excluding tert-OH is 1. The first kappa shape index (κ1) is 39.3. The fourth-order valence-corrected chi connectivity index (χ4v) is 9.01. The van der Waals surface area contributed by atoms with Crippen molar-refractivity contribution in [3.8, 4) is 0 Å². The van der Waals surface area contributed by atoms with Gasteiger partial charge in [0.1, 0.15) is 12.1 Å². The Hall–Kier alpha value is -3.38. The van der Waals surface area contributed by atoms with Crippen molar-refractivity contribution in [1.82, 2.24) is 20.9 Å². The molecule has 3 heterocycles. The number of rotatable bonds is 12. The maximum Gasteiger partial charge on any atom is 0.251 e. The van der Waals surface area contributed by atoms with E-state index in [4.69, 9.17) is 16.4 Å². The van der Waals surface area contributed by atoms with Gasteiger partial charge in [-0.1, -0.05) is 70.1 Å². The third-order valence-corrected chi connectivity index (χ3v) is 12.0. The number of aryl methyl sites for hydroxylation is 1. The van der Waals surface area contributed by atoms with Crippen molar-refractivity contribution in [2.24, 2.45) is 16.5 Å². The maximum atomic E-state index is 14.7. The molecule has 0 radical (unpaired) electrons. The molecule has 4 N–H and O–H groups in total. The van der Waals surface area contributed by atoms with E-state index in [1.165, 1.54) is 11.3 Å². The van der Waals surface area contributed by atoms with Gasteiger partial charge in [0.05, 0.1) is 29.0 Å². The van der Waals surface area contributed by atoms with Crippen LogP contribution in [0.15, 0.2) is 17.3 Å². The Morgan fingerprint density at radius 2 is 1.81 bits per heavy atom. The zero-order chi connectivity index (χ0) is 38.1. The Bertz CT molecular complexity index is 1590. The number of fused-ring (bicyclic) bond motifs is 1. The van der Waals surface area contributed by atoms with Crippen LogP contribution < -0.4 is 20.9 Å². The molecule has 53 heavy (non-hydrogen) atoms. The molecule has 292 valence electrons. The normalized spacial score (nSPS) is 24.9. The number of nitrogens with zero attached hydrogens (tertiary/aromatic N) is 3. The lowest BCUT2D eigenvalue weighted by Crippen LogP contribution is -2.59. The highest BCUT2D eigenvalue weighted by atomic mass is 35.5. The molecule has 5 atom stereocenters. The fraction of sp³-hybridized carbons (Fsp3) is 0.725. The van der Waals surface area contributed by atoms with Crippen LogP contribution in [0, 0.1) is 11.3 Å². The lowest BCUT2D eigenvalue weighted by Gasteiger charge is -2.36. The van der Waals surface area contributed by atoms with Crippen molar-refractivity contribution in [1.29, 1.82) is 0 Å². The molecule has 4 amide bonds. The summed E-state index contributed by atoms with van der Waals surface area (Å²) in [4.78, 5) is 65.3. The maximum absolute atomic E-state index is 14.7. The predicted molar refractivity (Wildman–Crippen MR) is 205 cm³/mol. The molecule has 12 nitrogen and oxygen atoms in total. The van der Waals surface area contributed by atoms with E-state index in [9.17, 15) is 24.3 Å². The van der Waals surface area contributed by atoms with Crippen LogP contribution in [-0.4, -0.2) is 95.4 Å². The van der Waals surface area contributed by atoms with E-state index >= 15 is 0 Å². The van der Waals surface area contributed by atoms with Crippen LogP contribution in [0.3, 0.4) is 0 Å². The van der Waals surface area contributed by atoms with E-state index in [-0.39, 0.29) is 30.8 Å². The molecule has 1 aromatic rings. The Balaban J connectivity index is 1.25. The van der Waals surface area contributed by atoms with Gasteiger partial charge in [-0.15, -0.1) is 0 Å². The van der Waals surface area contributed by atoms with Gasteiger partial charge in [-0.2, -0.15) is 0 Å². The summed E-state index contributed by atoms with van der Waals surface area (Å²) in [6.45, 7) is 8.67. The second-order valence-corrected chi connectivity index (χ2v) is 17.8. The van der Waals surface area contributed by atoms with Crippen molar-refractivity contribution in [2.45, 2.75) is 153 Å². The highest BCUT2D eigenvalue weighted by Crippen LogP contribution is 2.42. The predicted octanol–water partition coefficient (Wildman–Crippen LogP) is 4.61. The Morgan fingerprint density at radius 3 is 2.49 bits per heavy atom. The second kappa shape index (κ2) is 16.2. The van der Waals surface area contributed by atoms with Crippen LogP contribution in [0.5, 0.6) is 0 Å². The molecule has 1 spiro atoms. The van der Waals surface area contributed by atoms with Crippen molar-refractivity contribution in [2.75, 3.05) is 25.0 Å². The lowest BCUT2D eigenvalue weighted by molar-refractivity contribution is -0.145. The van der Waals surface area contributed by atoms with Crippen LogP contribution in [0.4, 0.5) is 5.69 Å². The van der Waals surface area contributed by atoms with E-state index in [0.717, 1.165) is 74.7 Å². The summed E-state index contributed by atoms with van der Waals surface area (Å²) in [6.07, 6.45) is 9.51. The third kappa shape index (κ3) is 9.12. The molecule has 3 fully saturated rings. The van der Waals surface area contributed by atoms with Gasteiger partial charge in [-0.3, -0.25) is 19.2 Å². The molecule has 6 rings (SSSR count). The number of aliphatic hydroxyl groups is 1. The van der Waals surface area contributed by atoms with Crippen molar-refractivity contribution < 1.29 is 29.1 Å². The largest absolute Gasteiger partial charge is 0.387 e. The van der Waals surface area contributed by atoms with E-state index in [1.807, 2.05) is 40.8 Å². The highest BCUT2D eigenvalue weighted by molar-refractivity contribution is 6.34. The average molecular weight is 755 g/mol. The SMILES string of the molecule is CCC[C@H](NC(=O)[C@@H]1C[C@]2(CC(c3cc(Cl)c4c(c3)CCCN4C)=NO2)CN1C(=O)[C@@H](NC(=O)CC1CCCCC1)C(C)(C)C)C(O)C(=O)NC1CC1. The summed E-state index contributed by atoms with van der Waals surface area (Å²) in [5, 5.41) is 25.1. The van der Waals surface area contributed by atoms with E-state index in [1.54, 1.807) is 0 Å². The number of anilines is 1. The summed E-state index contributed by atoms with van der Waals surface area (Å²) >= 11 is 6.81. The summed E-state index contributed by atoms with van der Waals surface area (Å²) in [6, 6.07) is 1.34. The highest BCUT2D eigenvalue weighted by Gasteiger charge is 2.56. The number of carbonyl (C=O) groups excluding carboxylic acids is 4. The van der Waals surface area contributed by atoms with Gasteiger partial charge in [-0.05, 0) is 74.0 Å². The molecule has 5 aliphatic rings. The number of carbonyl (C=O) groups is 4. The van der Waals surface area contributed by atoms with Crippen molar-refractivity contribution in [3.05, 3.63) is 28.3 Å². The summed E-state index contributed by atoms with van der Waals surface area (Å²) in [5.41, 5.74) is 2.06. The van der Waals surface area contributed by atoms with Gasteiger partial charge in [0.2, 0.25) is 17.7 Å². The average Bonchev–Trinajstić information content (AvgIpc) is 3.70. The van der Waals surface area contributed by atoms with Crippen LogP contribution >= 0.6 is 11.6 Å². The number of likely N-dealkylation sites (tertiary alicyclic amines) is 1. The molecule has 13 heteroatoms. The van der Waals surface area contributed by atoms with Crippen LogP contribution in [0.1, 0.15) is 122 Å². The minimum atomic E-state index is -1.44. The Labute approximate surface area is 319 Å². The van der Waals surface area contributed by atoms with E-state index < -0.39 is 47.1 Å². The number of hydrogen-bond donors (Lipinski definition) is 4. The molecule has 1 unspecified atom stereocenters. The zero-order valence-corrected chi connectivity index (χ0v) is 32.9. The van der Waals surface area contributed by atoms with E-state index in [0.29, 0.717) is 42.3 Å². The third-order valence-electron chi connectivity index (χ3n) is 11.7. The van der Waals surface area contributed by atoms with Gasteiger partial charge >= 0.3 is 0 Å². The Kier molecular flexibility index (Phi) is 12.0. The van der Waals surface area contributed by atoms with Gasteiger partial charge in [-0.25, -0.2) is 0 Å². The first-order valence-corrected chi connectivity index (χ1v) is 20.2. The molecule has 2 aliphatic carbocycles. The molecule has 0 bridgehead atoms. The van der Waals surface area contributed by atoms with E-state index in [2.05, 4.69) is 32.1 Å². The molecule has 0 aromatic heterocycles. The Morgan fingerprint density at radius 1 is 1.08 bits per heavy atom. The van der Waals surface area contributed by atoms with Gasteiger partial charge in [0.15, 0.2) is 11.7 Å². The quantitative estimate of drug-likeness (QED) is 0.243. The number of halogens is 1. The number of hydrogen-bond acceptors (Lipinski definition) is 8.